The Balaban J connectivity index is 1.35. The molecule has 0 atom stereocenters. The van der Waals surface area contributed by atoms with Crippen LogP contribution in [0, 0.1) is 5.82 Å². The topological polar surface area (TPSA) is 100 Å². The molecule has 9 heteroatoms. The molecule has 1 aliphatic carbocycles. The predicted octanol–water partition coefficient (Wildman–Crippen LogP) is 3.27. The van der Waals surface area contributed by atoms with Crippen LogP contribution in [-0.2, 0) is 4.79 Å². The van der Waals surface area contributed by atoms with E-state index in [1.165, 1.54) is 6.07 Å². The Morgan fingerprint density at radius 2 is 2.23 bits per heavy atom. The number of rotatable bonds is 5. The fraction of sp³-hybridized carbons (Fsp3) is 0.333. The van der Waals surface area contributed by atoms with Crippen LogP contribution in [0.4, 0.5) is 10.3 Å². The van der Waals surface area contributed by atoms with E-state index in [-0.39, 0.29) is 23.3 Å². The van der Waals surface area contributed by atoms with E-state index in [4.69, 9.17) is 0 Å². The first-order valence-corrected chi connectivity index (χ1v) is 9.98. The lowest BCUT2D eigenvalue weighted by molar-refractivity contribution is -0.123. The van der Waals surface area contributed by atoms with Gasteiger partial charge in [0, 0.05) is 65.5 Å². The van der Waals surface area contributed by atoms with Crippen molar-refractivity contribution in [2.75, 3.05) is 5.32 Å². The van der Waals surface area contributed by atoms with Gasteiger partial charge in [-0.15, -0.1) is 0 Å². The summed E-state index contributed by atoms with van der Waals surface area (Å²) in [5, 5.41) is 7.20. The second-order valence-electron chi connectivity index (χ2n) is 8.10. The lowest BCUT2D eigenvalue weighted by Gasteiger charge is -2.45. The van der Waals surface area contributed by atoms with E-state index in [1.807, 2.05) is 13.1 Å². The Kier molecular flexibility index (Phi) is 4.19. The van der Waals surface area contributed by atoms with Crippen LogP contribution in [0.1, 0.15) is 33.1 Å². The molecule has 0 aromatic carbocycles. The fourth-order valence-corrected chi connectivity index (χ4v) is 4.19. The van der Waals surface area contributed by atoms with Crippen molar-refractivity contribution in [3.8, 4) is 11.1 Å². The lowest BCUT2D eigenvalue weighted by atomic mass is 9.74. The summed E-state index contributed by atoms with van der Waals surface area (Å²) in [7, 11) is 0. The molecule has 1 saturated carbocycles. The summed E-state index contributed by atoms with van der Waals surface area (Å²) >= 11 is 0. The number of halogens is 1. The van der Waals surface area contributed by atoms with Crippen molar-refractivity contribution >= 4 is 28.5 Å². The SMILES string of the molecule is CCC(=O)N[C@]1(C)C[C@@H](Nc2ncc3c(-c4cc(F)c5nccn5c4)c[nH]c3n2)C1. The van der Waals surface area contributed by atoms with Gasteiger partial charge in [0.15, 0.2) is 11.5 Å². The number of amides is 1. The maximum absolute atomic E-state index is 14.3. The number of carbonyl (C=O) groups is 1. The van der Waals surface area contributed by atoms with Gasteiger partial charge in [-0.05, 0) is 25.8 Å². The van der Waals surface area contributed by atoms with Gasteiger partial charge < -0.3 is 20.0 Å². The first-order chi connectivity index (χ1) is 14.4. The second-order valence-corrected chi connectivity index (χ2v) is 8.10. The molecule has 1 fully saturated rings. The highest BCUT2D eigenvalue weighted by Gasteiger charge is 2.41. The van der Waals surface area contributed by atoms with Crippen LogP contribution < -0.4 is 10.6 Å². The molecule has 8 nitrogen and oxygen atoms in total. The number of hydrogen-bond acceptors (Lipinski definition) is 5. The van der Waals surface area contributed by atoms with Gasteiger partial charge in [-0.1, -0.05) is 6.92 Å². The first kappa shape index (κ1) is 18.5. The van der Waals surface area contributed by atoms with Crippen LogP contribution in [0.5, 0.6) is 0 Å². The van der Waals surface area contributed by atoms with Gasteiger partial charge in [0.2, 0.25) is 11.9 Å². The minimum absolute atomic E-state index is 0.0675. The second kappa shape index (κ2) is 6.79. The molecule has 1 aliphatic rings. The number of hydrogen-bond donors (Lipinski definition) is 3. The summed E-state index contributed by atoms with van der Waals surface area (Å²) in [5.74, 6) is 0.216. The fourth-order valence-electron chi connectivity index (χ4n) is 4.19. The molecule has 0 spiro atoms. The van der Waals surface area contributed by atoms with Gasteiger partial charge in [-0.25, -0.2) is 14.4 Å². The highest BCUT2D eigenvalue weighted by atomic mass is 19.1. The van der Waals surface area contributed by atoms with Crippen LogP contribution in [0.2, 0.25) is 0 Å². The molecule has 0 unspecified atom stereocenters. The van der Waals surface area contributed by atoms with E-state index in [2.05, 4.69) is 37.5 Å². The smallest absolute Gasteiger partial charge is 0.224 e. The number of H-pyrrole nitrogens is 1. The van der Waals surface area contributed by atoms with Crippen molar-refractivity contribution in [2.24, 2.45) is 0 Å². The van der Waals surface area contributed by atoms with Gasteiger partial charge in [-0.3, -0.25) is 4.79 Å². The molecule has 3 N–H and O–H groups in total. The number of nitrogens with zero attached hydrogens (tertiary/aromatic N) is 4. The van der Waals surface area contributed by atoms with Crippen molar-refractivity contribution in [3.05, 3.63) is 42.9 Å². The van der Waals surface area contributed by atoms with Crippen molar-refractivity contribution in [1.82, 2.24) is 29.7 Å². The molecule has 0 saturated heterocycles. The Morgan fingerprint density at radius 3 is 3.03 bits per heavy atom. The summed E-state index contributed by atoms with van der Waals surface area (Å²) in [4.78, 5) is 27.8. The predicted molar refractivity (Wildman–Crippen MR) is 112 cm³/mol. The normalized spacial score (nSPS) is 21.0. The third-order valence-corrected chi connectivity index (χ3v) is 5.68. The van der Waals surface area contributed by atoms with Crippen LogP contribution in [0.15, 0.2) is 37.1 Å². The van der Waals surface area contributed by atoms with Gasteiger partial charge in [0.1, 0.15) is 5.65 Å². The molecule has 0 radical (unpaired) electrons. The molecule has 4 aromatic rings. The highest BCUT2D eigenvalue weighted by molar-refractivity contribution is 5.93. The summed E-state index contributed by atoms with van der Waals surface area (Å²) < 4.78 is 16.0. The van der Waals surface area contributed by atoms with Crippen LogP contribution >= 0.6 is 0 Å². The number of imidazole rings is 1. The lowest BCUT2D eigenvalue weighted by Crippen LogP contribution is -2.59. The number of anilines is 1. The average Bonchev–Trinajstić information content (AvgIpc) is 3.33. The molecule has 4 aromatic heterocycles. The minimum Gasteiger partial charge on any atom is -0.351 e. The Bertz CT molecular complexity index is 1250. The minimum atomic E-state index is -0.380. The Labute approximate surface area is 171 Å². The number of pyridine rings is 1. The molecular formula is C21H22FN7O. The number of carbonyl (C=O) groups excluding carboxylic acids is 1. The number of fused-ring (bicyclic) bond motifs is 2. The van der Waals surface area contributed by atoms with Gasteiger partial charge in [0.25, 0.3) is 0 Å². The largest absolute Gasteiger partial charge is 0.351 e. The third kappa shape index (κ3) is 3.16. The summed E-state index contributed by atoms with van der Waals surface area (Å²) in [6.45, 7) is 3.90. The monoisotopic (exact) mass is 407 g/mol. The van der Waals surface area contributed by atoms with E-state index in [1.54, 1.807) is 29.2 Å². The zero-order valence-electron chi connectivity index (χ0n) is 16.7. The van der Waals surface area contributed by atoms with E-state index >= 15 is 0 Å². The standard InChI is InChI=1S/C21H22FN7O/c1-3-17(30)28-21(2)7-13(8-21)26-20-25-10-15-14(9-24-18(15)27-20)12-6-16(22)19-23-4-5-29(19)11-12/h4-6,9-11,13H,3,7-8H2,1-2H3,(H,28,30)(H2,24,25,26,27)/t13-,21-. The zero-order chi connectivity index (χ0) is 20.9. The van der Waals surface area contributed by atoms with Crippen LogP contribution in [-0.4, -0.2) is 41.8 Å². The Hall–Kier alpha value is -3.49. The average molecular weight is 407 g/mol. The van der Waals surface area contributed by atoms with Crippen molar-refractivity contribution < 1.29 is 9.18 Å². The van der Waals surface area contributed by atoms with Gasteiger partial charge in [0.05, 0.1) is 0 Å². The van der Waals surface area contributed by atoms with Gasteiger partial charge in [-0.2, -0.15) is 4.98 Å². The van der Waals surface area contributed by atoms with Crippen LogP contribution in [0.3, 0.4) is 0 Å². The zero-order valence-corrected chi connectivity index (χ0v) is 16.7. The number of aromatic nitrogens is 5. The van der Waals surface area contributed by atoms with Crippen LogP contribution in [0.25, 0.3) is 27.8 Å². The molecule has 0 aliphatic heterocycles. The van der Waals surface area contributed by atoms with Crippen molar-refractivity contribution in [3.63, 3.8) is 0 Å². The molecule has 154 valence electrons. The maximum Gasteiger partial charge on any atom is 0.224 e. The van der Waals surface area contributed by atoms with Gasteiger partial charge >= 0.3 is 0 Å². The van der Waals surface area contributed by atoms with E-state index in [0.717, 1.165) is 29.4 Å². The number of aromatic amines is 1. The Morgan fingerprint density at radius 1 is 1.40 bits per heavy atom. The summed E-state index contributed by atoms with van der Waals surface area (Å²) in [5.41, 5.74) is 2.34. The molecule has 5 rings (SSSR count). The van der Waals surface area contributed by atoms with E-state index in [9.17, 15) is 9.18 Å². The summed E-state index contributed by atoms with van der Waals surface area (Å²) in [6.07, 6.45) is 10.8. The molecule has 30 heavy (non-hydrogen) atoms. The maximum atomic E-state index is 14.3. The first-order valence-electron chi connectivity index (χ1n) is 9.98. The molecule has 1 amide bonds. The molecule has 4 heterocycles. The van der Waals surface area contributed by atoms with Crippen molar-refractivity contribution in [1.29, 1.82) is 0 Å². The molecular weight excluding hydrogens is 385 g/mol. The summed E-state index contributed by atoms with van der Waals surface area (Å²) in [6, 6.07) is 1.67. The quantitative estimate of drug-likeness (QED) is 0.471. The van der Waals surface area contributed by atoms with Crippen molar-refractivity contribution in [2.45, 2.75) is 44.7 Å². The van der Waals surface area contributed by atoms with E-state index in [0.29, 0.717) is 23.7 Å². The highest BCUT2D eigenvalue weighted by Crippen LogP contribution is 2.34. The van der Waals surface area contributed by atoms with E-state index < -0.39 is 0 Å². The number of nitrogens with one attached hydrogen (secondary N) is 3. The molecule has 0 bridgehead atoms. The third-order valence-electron chi connectivity index (χ3n) is 5.68.